The van der Waals surface area contributed by atoms with Crippen LogP contribution in [0, 0.1) is 23.2 Å². The molecule has 1 unspecified atom stereocenters. The molecule has 0 aromatic heterocycles. The molecule has 0 spiro atoms. The van der Waals surface area contributed by atoms with Crippen LogP contribution in [-0.4, -0.2) is 47.3 Å². The van der Waals surface area contributed by atoms with Gasteiger partial charge in [-0.1, -0.05) is 0 Å². The van der Waals surface area contributed by atoms with Gasteiger partial charge in [-0.3, -0.25) is 9.59 Å². The molecule has 3 rings (SSSR count). The van der Waals surface area contributed by atoms with Crippen molar-refractivity contribution in [3.05, 3.63) is 0 Å². The van der Waals surface area contributed by atoms with Crippen LogP contribution >= 0.6 is 0 Å². The lowest BCUT2D eigenvalue weighted by molar-refractivity contribution is -0.140. The lowest BCUT2D eigenvalue weighted by Gasteiger charge is -2.43. The van der Waals surface area contributed by atoms with Gasteiger partial charge in [-0.05, 0) is 38.0 Å². The molecule has 2 aliphatic carbocycles. The highest BCUT2D eigenvalue weighted by Crippen LogP contribution is 2.38. The topological polar surface area (TPSA) is 64.4 Å². The van der Waals surface area contributed by atoms with E-state index in [0.717, 1.165) is 25.8 Å². The minimum Gasteiger partial charge on any atom is -0.342 e. The second-order valence-corrected chi connectivity index (χ2v) is 6.54. The van der Waals surface area contributed by atoms with Crippen molar-refractivity contribution in [2.24, 2.45) is 11.8 Å². The molecule has 0 aromatic rings. The maximum Gasteiger partial charge on any atom is 0.229 e. The molecule has 1 atom stereocenters. The first-order valence-corrected chi connectivity index (χ1v) is 7.52. The summed E-state index contributed by atoms with van der Waals surface area (Å²) in [6, 6.07) is 2.29. The molecule has 20 heavy (non-hydrogen) atoms. The van der Waals surface area contributed by atoms with Gasteiger partial charge in [0.2, 0.25) is 11.8 Å². The average molecular weight is 275 g/mol. The van der Waals surface area contributed by atoms with E-state index in [2.05, 4.69) is 6.07 Å². The predicted molar refractivity (Wildman–Crippen MR) is 72.4 cm³/mol. The zero-order chi connectivity index (χ0) is 14.3. The molecular weight excluding hydrogens is 254 g/mol. The number of nitriles is 1. The van der Waals surface area contributed by atoms with E-state index in [9.17, 15) is 14.9 Å². The van der Waals surface area contributed by atoms with Crippen LogP contribution in [0.2, 0.25) is 0 Å². The van der Waals surface area contributed by atoms with Gasteiger partial charge >= 0.3 is 0 Å². The molecule has 1 aliphatic heterocycles. The summed E-state index contributed by atoms with van der Waals surface area (Å²) < 4.78 is 0. The third kappa shape index (κ3) is 2.17. The Morgan fingerprint density at radius 1 is 1.50 bits per heavy atom. The summed E-state index contributed by atoms with van der Waals surface area (Å²) in [6.45, 7) is 1.36. The van der Waals surface area contributed by atoms with Crippen molar-refractivity contribution in [1.82, 2.24) is 9.80 Å². The largest absolute Gasteiger partial charge is 0.342 e. The number of amides is 2. The maximum absolute atomic E-state index is 12.5. The molecule has 2 saturated carbocycles. The fourth-order valence-corrected chi connectivity index (χ4v) is 3.24. The van der Waals surface area contributed by atoms with Gasteiger partial charge in [-0.2, -0.15) is 5.26 Å². The van der Waals surface area contributed by atoms with Gasteiger partial charge in [-0.25, -0.2) is 0 Å². The van der Waals surface area contributed by atoms with Crippen LogP contribution in [0.15, 0.2) is 0 Å². The van der Waals surface area contributed by atoms with E-state index in [1.807, 2.05) is 4.90 Å². The first-order chi connectivity index (χ1) is 9.55. The van der Waals surface area contributed by atoms with Crippen molar-refractivity contribution >= 4 is 11.8 Å². The number of rotatable bonds is 4. The first-order valence-electron chi connectivity index (χ1n) is 7.52. The van der Waals surface area contributed by atoms with E-state index in [0.29, 0.717) is 18.9 Å². The predicted octanol–water partition coefficient (Wildman–Crippen LogP) is 1.15. The Balaban J connectivity index is 1.63. The van der Waals surface area contributed by atoms with Crippen molar-refractivity contribution in [2.45, 2.75) is 44.1 Å². The third-order valence-corrected chi connectivity index (χ3v) is 5.10. The Labute approximate surface area is 119 Å². The summed E-state index contributed by atoms with van der Waals surface area (Å²) in [7, 11) is 1.72. The first kappa shape index (κ1) is 13.4. The molecule has 3 fully saturated rings. The van der Waals surface area contributed by atoms with Crippen molar-refractivity contribution in [2.75, 3.05) is 20.1 Å². The number of hydrogen-bond donors (Lipinski definition) is 0. The summed E-state index contributed by atoms with van der Waals surface area (Å²) in [5.41, 5.74) is -0.607. The van der Waals surface area contributed by atoms with Crippen LogP contribution in [0.3, 0.4) is 0 Å². The van der Waals surface area contributed by atoms with E-state index < -0.39 is 5.54 Å². The number of carbonyl (C=O) groups excluding carboxylic acids is 2. The van der Waals surface area contributed by atoms with Crippen molar-refractivity contribution in [1.29, 1.82) is 5.26 Å². The van der Waals surface area contributed by atoms with Crippen LogP contribution in [0.1, 0.15) is 38.5 Å². The molecule has 0 bridgehead atoms. The van der Waals surface area contributed by atoms with Crippen molar-refractivity contribution in [3.63, 3.8) is 0 Å². The van der Waals surface area contributed by atoms with E-state index >= 15 is 0 Å². The summed E-state index contributed by atoms with van der Waals surface area (Å²) in [5, 5.41) is 9.31. The minimum absolute atomic E-state index is 0.0297. The van der Waals surface area contributed by atoms with Crippen molar-refractivity contribution in [3.8, 4) is 6.07 Å². The van der Waals surface area contributed by atoms with Gasteiger partial charge < -0.3 is 9.80 Å². The minimum atomic E-state index is -0.607. The van der Waals surface area contributed by atoms with Crippen LogP contribution in [0.4, 0.5) is 0 Å². The Morgan fingerprint density at radius 2 is 2.20 bits per heavy atom. The Bertz CT molecular complexity index is 474. The van der Waals surface area contributed by atoms with Gasteiger partial charge in [-0.15, -0.1) is 0 Å². The summed E-state index contributed by atoms with van der Waals surface area (Å²) in [6.07, 6.45) is 5.26. The zero-order valence-corrected chi connectivity index (χ0v) is 12.0. The molecule has 108 valence electrons. The van der Waals surface area contributed by atoms with Gasteiger partial charge in [0.05, 0.1) is 12.0 Å². The molecule has 5 nitrogen and oxygen atoms in total. The van der Waals surface area contributed by atoms with Crippen molar-refractivity contribution < 1.29 is 9.59 Å². The molecule has 2 amide bonds. The van der Waals surface area contributed by atoms with Crippen LogP contribution < -0.4 is 0 Å². The fraction of sp³-hybridized carbons (Fsp3) is 0.800. The van der Waals surface area contributed by atoms with E-state index in [1.54, 1.807) is 11.9 Å². The molecule has 0 radical (unpaired) electrons. The number of hydrogen-bond acceptors (Lipinski definition) is 3. The highest BCUT2D eigenvalue weighted by atomic mass is 16.2. The summed E-state index contributed by atoms with van der Waals surface area (Å²) >= 11 is 0. The number of carbonyl (C=O) groups is 2. The zero-order valence-electron chi connectivity index (χ0n) is 12.0. The maximum atomic E-state index is 12.5. The van der Waals surface area contributed by atoms with E-state index in [4.69, 9.17) is 0 Å². The molecule has 0 N–H and O–H groups in total. The summed E-state index contributed by atoms with van der Waals surface area (Å²) in [5.74, 6) is 0.473. The third-order valence-electron chi connectivity index (χ3n) is 5.10. The van der Waals surface area contributed by atoms with E-state index in [-0.39, 0.29) is 17.7 Å². The normalized spacial score (nSPS) is 27.9. The van der Waals surface area contributed by atoms with E-state index in [1.165, 1.54) is 12.8 Å². The molecular formula is C15H21N3O2. The average Bonchev–Trinajstić information content (AvgIpc) is 3.12. The standard InChI is InChI=1S/C15H21N3O2/c1-17(15(10-16)5-2-6-15)14(20)12-7-13(19)18(9-12)8-11-3-4-11/h11-12H,2-9H2,1H3. The highest BCUT2D eigenvalue weighted by molar-refractivity contribution is 5.89. The molecule has 0 aromatic carbocycles. The lowest BCUT2D eigenvalue weighted by Crippen LogP contribution is -2.55. The molecule has 1 saturated heterocycles. The number of likely N-dealkylation sites (tertiary alicyclic amines) is 1. The quantitative estimate of drug-likeness (QED) is 0.773. The molecule has 3 aliphatic rings. The second kappa shape index (κ2) is 4.76. The van der Waals surface area contributed by atoms with Gasteiger partial charge in [0.15, 0.2) is 0 Å². The fourth-order valence-electron chi connectivity index (χ4n) is 3.24. The van der Waals surface area contributed by atoms with Gasteiger partial charge in [0.25, 0.3) is 0 Å². The number of nitrogens with zero attached hydrogens (tertiary/aromatic N) is 3. The molecule has 1 heterocycles. The Morgan fingerprint density at radius 3 is 2.70 bits per heavy atom. The highest BCUT2D eigenvalue weighted by Gasteiger charge is 2.47. The Hall–Kier alpha value is -1.57. The summed E-state index contributed by atoms with van der Waals surface area (Å²) in [4.78, 5) is 27.9. The van der Waals surface area contributed by atoms with Crippen LogP contribution in [0.25, 0.3) is 0 Å². The van der Waals surface area contributed by atoms with Crippen LogP contribution in [-0.2, 0) is 9.59 Å². The van der Waals surface area contributed by atoms with Gasteiger partial charge in [0, 0.05) is 26.6 Å². The SMILES string of the molecule is CN(C(=O)C1CC(=O)N(CC2CC2)C1)C1(C#N)CCC1. The second-order valence-electron chi connectivity index (χ2n) is 6.54. The monoisotopic (exact) mass is 275 g/mol. The Kier molecular flexibility index (Phi) is 3.19. The lowest BCUT2D eigenvalue weighted by atomic mass is 9.76. The van der Waals surface area contributed by atoms with Gasteiger partial charge in [0.1, 0.15) is 5.54 Å². The molecule has 5 heteroatoms. The van der Waals surface area contributed by atoms with Crippen LogP contribution in [0.5, 0.6) is 0 Å². The smallest absolute Gasteiger partial charge is 0.229 e.